The van der Waals surface area contributed by atoms with Gasteiger partial charge in [0.1, 0.15) is 11.8 Å². The van der Waals surface area contributed by atoms with Crippen molar-refractivity contribution < 1.29 is 19.1 Å². The fourth-order valence-corrected chi connectivity index (χ4v) is 5.07. The van der Waals surface area contributed by atoms with E-state index >= 15 is 0 Å². The van der Waals surface area contributed by atoms with Crippen molar-refractivity contribution in [2.45, 2.75) is 25.4 Å². The summed E-state index contributed by atoms with van der Waals surface area (Å²) in [5.74, 6) is 0.193. The van der Waals surface area contributed by atoms with Gasteiger partial charge >= 0.3 is 6.09 Å². The molecule has 4 bridgehead atoms. The van der Waals surface area contributed by atoms with Gasteiger partial charge in [-0.3, -0.25) is 14.9 Å². The van der Waals surface area contributed by atoms with Crippen LogP contribution in [-0.2, 0) is 16.1 Å². The minimum atomic E-state index is -0.800. The molecule has 0 aliphatic carbocycles. The molecule has 6 rings (SSSR count). The molecule has 0 saturated heterocycles. The monoisotopic (exact) mass is 560 g/mol. The van der Waals surface area contributed by atoms with E-state index in [-0.39, 0.29) is 24.0 Å². The number of aromatic amines is 1. The van der Waals surface area contributed by atoms with Gasteiger partial charge in [0, 0.05) is 48.0 Å². The number of ether oxygens (including phenoxy) is 2. The van der Waals surface area contributed by atoms with Gasteiger partial charge in [-0.05, 0) is 41.5 Å². The molecule has 0 fully saturated rings. The smallest absolute Gasteiger partial charge is 0.411 e. The molecule has 1 aromatic heterocycles. The summed E-state index contributed by atoms with van der Waals surface area (Å²) in [6.07, 6.45) is 0.899. The van der Waals surface area contributed by atoms with Crippen LogP contribution in [0.25, 0.3) is 10.8 Å². The molecule has 0 unspecified atom stereocenters. The van der Waals surface area contributed by atoms with Crippen LogP contribution in [-0.4, -0.2) is 42.6 Å². The molecule has 2 aliphatic heterocycles. The summed E-state index contributed by atoms with van der Waals surface area (Å²) < 4.78 is 11.2. The van der Waals surface area contributed by atoms with Gasteiger partial charge < -0.3 is 24.7 Å². The molecule has 2 atom stereocenters. The number of amides is 2. The highest BCUT2D eigenvalue weighted by atomic mass is 35.5. The Balaban J connectivity index is 1.58. The van der Waals surface area contributed by atoms with E-state index in [2.05, 4.69) is 15.6 Å². The summed E-state index contributed by atoms with van der Waals surface area (Å²) in [4.78, 5) is 43.1. The number of halogens is 1. The van der Waals surface area contributed by atoms with E-state index in [1.807, 2.05) is 37.3 Å². The van der Waals surface area contributed by atoms with Crippen molar-refractivity contribution >= 4 is 45.7 Å². The van der Waals surface area contributed by atoms with E-state index in [0.717, 1.165) is 11.1 Å². The van der Waals surface area contributed by atoms with E-state index in [1.54, 1.807) is 49.4 Å². The topological polar surface area (TPSA) is 113 Å². The zero-order valence-electron chi connectivity index (χ0n) is 22.3. The van der Waals surface area contributed by atoms with Crippen molar-refractivity contribution in [3.63, 3.8) is 0 Å². The number of pyridine rings is 1. The molecule has 2 amide bonds. The maximum atomic E-state index is 14.0. The number of methoxy groups -OCH3 is 1. The molecule has 4 aromatic rings. The number of benzene rings is 3. The first-order valence-corrected chi connectivity index (χ1v) is 13.1. The highest BCUT2D eigenvalue weighted by Crippen LogP contribution is 2.33. The van der Waals surface area contributed by atoms with Crippen LogP contribution in [0.4, 0.5) is 16.2 Å². The van der Waals surface area contributed by atoms with Gasteiger partial charge in [-0.15, -0.1) is 0 Å². The number of nitrogens with one attached hydrogen (secondary N) is 3. The van der Waals surface area contributed by atoms with Gasteiger partial charge in [0.15, 0.2) is 0 Å². The van der Waals surface area contributed by atoms with Crippen molar-refractivity contribution in [3.05, 3.63) is 98.9 Å². The van der Waals surface area contributed by atoms with Crippen LogP contribution < -0.4 is 20.9 Å². The van der Waals surface area contributed by atoms with Crippen LogP contribution in [0, 0.1) is 0 Å². The maximum absolute atomic E-state index is 14.0. The summed E-state index contributed by atoms with van der Waals surface area (Å²) in [6, 6.07) is 17.2. The van der Waals surface area contributed by atoms with Crippen LogP contribution in [0.3, 0.4) is 0 Å². The van der Waals surface area contributed by atoms with Crippen molar-refractivity contribution in [2.75, 3.05) is 31.4 Å². The molecule has 206 valence electrons. The van der Waals surface area contributed by atoms with Crippen LogP contribution in [0.2, 0.25) is 5.02 Å². The van der Waals surface area contributed by atoms with Gasteiger partial charge in [0.25, 0.3) is 5.56 Å². The average Bonchev–Trinajstić information content (AvgIpc) is 2.95. The lowest BCUT2D eigenvalue weighted by molar-refractivity contribution is -0.131. The molecule has 0 saturated carbocycles. The van der Waals surface area contributed by atoms with Gasteiger partial charge in [0.2, 0.25) is 5.91 Å². The molecule has 40 heavy (non-hydrogen) atoms. The zero-order valence-corrected chi connectivity index (χ0v) is 23.0. The minimum absolute atomic E-state index is 0.138. The predicted octanol–water partition coefficient (Wildman–Crippen LogP) is 5.67. The number of hydrogen-bond donors (Lipinski definition) is 3. The second-order valence-electron chi connectivity index (χ2n) is 9.82. The molecule has 0 radical (unpaired) electrons. The summed E-state index contributed by atoms with van der Waals surface area (Å²) in [5, 5.41) is 7.54. The number of likely N-dealkylation sites (N-methyl/N-ethyl adjacent to an activating group) is 1. The van der Waals surface area contributed by atoms with E-state index < -0.39 is 12.1 Å². The van der Waals surface area contributed by atoms with Gasteiger partial charge in [-0.25, -0.2) is 4.79 Å². The second kappa shape index (κ2) is 11.3. The quantitative estimate of drug-likeness (QED) is 0.298. The minimum Gasteiger partial charge on any atom is -0.496 e. The Morgan fingerprint density at radius 2 is 1.88 bits per heavy atom. The largest absolute Gasteiger partial charge is 0.496 e. The van der Waals surface area contributed by atoms with E-state index in [1.165, 1.54) is 6.20 Å². The molecule has 0 spiro atoms. The Hall–Kier alpha value is -4.50. The lowest BCUT2D eigenvalue weighted by Crippen LogP contribution is -2.35. The Kier molecular flexibility index (Phi) is 7.66. The molecule has 3 aromatic carbocycles. The predicted molar refractivity (Wildman–Crippen MR) is 155 cm³/mol. The Bertz CT molecular complexity index is 1650. The summed E-state index contributed by atoms with van der Waals surface area (Å²) in [7, 11) is 3.27. The van der Waals surface area contributed by atoms with E-state index in [4.69, 9.17) is 21.1 Å². The van der Waals surface area contributed by atoms with Gasteiger partial charge in [-0.1, -0.05) is 48.9 Å². The van der Waals surface area contributed by atoms with Crippen LogP contribution in [0.1, 0.15) is 35.6 Å². The number of carbonyl (C=O) groups excluding carboxylic acids is 2. The molecular weight excluding hydrogens is 532 g/mol. The highest BCUT2D eigenvalue weighted by Gasteiger charge is 2.27. The number of nitrogens with zero attached hydrogens (tertiary/aromatic N) is 1. The fraction of sp³-hybridized carbons (Fsp3) is 0.233. The van der Waals surface area contributed by atoms with E-state index in [9.17, 15) is 14.4 Å². The lowest BCUT2D eigenvalue weighted by atomic mass is 9.96. The number of anilines is 2. The first-order chi connectivity index (χ1) is 19.2. The van der Waals surface area contributed by atoms with Crippen LogP contribution in [0.15, 0.2) is 71.7 Å². The molecule has 3 N–H and O–H groups in total. The van der Waals surface area contributed by atoms with Gasteiger partial charge in [-0.2, -0.15) is 0 Å². The zero-order chi connectivity index (χ0) is 28.4. The number of carbonyl (C=O) groups is 2. The first-order valence-electron chi connectivity index (χ1n) is 12.8. The summed E-state index contributed by atoms with van der Waals surface area (Å²) in [6.45, 7) is 2.36. The number of hydrogen-bond acceptors (Lipinski definition) is 6. The van der Waals surface area contributed by atoms with Crippen LogP contribution >= 0.6 is 11.6 Å². The molecule has 3 heterocycles. The normalized spacial score (nSPS) is 17.9. The third-order valence-corrected chi connectivity index (χ3v) is 7.28. The average molecular weight is 561 g/mol. The Morgan fingerprint density at radius 3 is 2.67 bits per heavy atom. The van der Waals surface area contributed by atoms with Crippen molar-refractivity contribution in [2.24, 2.45) is 0 Å². The Morgan fingerprint density at radius 1 is 1.05 bits per heavy atom. The lowest BCUT2D eigenvalue weighted by Gasteiger charge is -2.27. The fourth-order valence-electron chi connectivity index (χ4n) is 4.85. The SMILES string of the molecule is COc1cc2ccc1[C@@H](C)COC(=O)Nc1cccc(c1)CN(C)C(=O)[C@@H]2Nc1ccc2c(Cl)c[nH]c(=O)c2c1. The number of H-pyrrole nitrogens is 1. The third kappa shape index (κ3) is 5.60. The van der Waals surface area contributed by atoms with E-state index in [0.29, 0.717) is 45.0 Å². The second-order valence-corrected chi connectivity index (χ2v) is 10.2. The molecule has 10 heteroatoms. The van der Waals surface area contributed by atoms with Gasteiger partial charge in [0.05, 0.1) is 24.1 Å². The molecule has 9 nitrogen and oxygen atoms in total. The molecule has 2 aliphatic rings. The maximum Gasteiger partial charge on any atom is 0.411 e. The Labute approximate surface area is 236 Å². The van der Waals surface area contributed by atoms with Crippen molar-refractivity contribution in [3.8, 4) is 5.75 Å². The summed E-state index contributed by atoms with van der Waals surface area (Å²) in [5.41, 5.74) is 3.20. The number of aromatic nitrogens is 1. The molecular formula is C30H29ClN4O5. The van der Waals surface area contributed by atoms with Crippen LogP contribution in [0.5, 0.6) is 5.75 Å². The number of rotatable bonds is 3. The van der Waals surface area contributed by atoms with Crippen molar-refractivity contribution in [1.82, 2.24) is 9.88 Å². The summed E-state index contributed by atoms with van der Waals surface area (Å²) >= 11 is 6.27. The first kappa shape index (κ1) is 27.1. The number of fused-ring (bicyclic) bond motifs is 10. The third-order valence-electron chi connectivity index (χ3n) is 6.97. The van der Waals surface area contributed by atoms with Crippen molar-refractivity contribution in [1.29, 1.82) is 0 Å². The standard InChI is InChI=1S/C30H29ClN4O5/c1-17-16-40-30(38)34-20-6-4-5-18(11-20)15-35(2)29(37)27(19-7-9-22(17)26(12-19)39-3)33-21-8-10-23-24(13-21)28(36)32-14-25(23)31/h4-14,17,27,33H,15-16H2,1-3H3,(H,32,36)(H,34,38)/t17-,27+/m0/s1. The highest BCUT2D eigenvalue weighted by molar-refractivity contribution is 6.35.